The van der Waals surface area contributed by atoms with Crippen LogP contribution >= 0.6 is 0 Å². The van der Waals surface area contributed by atoms with Gasteiger partial charge in [-0.1, -0.05) is 0 Å². The quantitative estimate of drug-likeness (QED) is 0.667. The summed E-state index contributed by atoms with van der Waals surface area (Å²) in [7, 11) is 1.77. The number of halogens is 1. The summed E-state index contributed by atoms with van der Waals surface area (Å²) in [6.45, 7) is 1.26. The Kier molecular flexibility index (Phi) is 3.80. The molecule has 0 radical (unpaired) electrons. The van der Waals surface area contributed by atoms with E-state index in [0.717, 1.165) is 19.4 Å². The fourth-order valence-electron chi connectivity index (χ4n) is 1.42. The van der Waals surface area contributed by atoms with Crippen LogP contribution in [0.25, 0.3) is 0 Å². The summed E-state index contributed by atoms with van der Waals surface area (Å²) in [6.07, 6.45) is 2.11. The van der Waals surface area contributed by atoms with E-state index in [4.69, 9.17) is 4.74 Å². The van der Waals surface area contributed by atoms with Gasteiger partial charge in [0.1, 0.15) is 6.17 Å². The van der Waals surface area contributed by atoms with Gasteiger partial charge in [-0.05, 0) is 19.9 Å². The fraction of sp³-hybridized carbons (Fsp3) is 1.00. The van der Waals surface area contributed by atoms with Gasteiger partial charge < -0.3 is 10.1 Å². The van der Waals surface area contributed by atoms with Crippen molar-refractivity contribution in [3.63, 3.8) is 0 Å². The molecular weight excluding hydrogens is 145 g/mol. The molecular formula is C8H16FNO. The van der Waals surface area contributed by atoms with Crippen molar-refractivity contribution >= 4 is 0 Å². The zero-order chi connectivity index (χ0) is 8.10. The number of ether oxygens (including phenoxy) is 1. The molecule has 0 saturated carbocycles. The summed E-state index contributed by atoms with van der Waals surface area (Å²) < 4.78 is 18.2. The molecule has 11 heavy (non-hydrogen) atoms. The van der Waals surface area contributed by atoms with Crippen LogP contribution < -0.4 is 5.32 Å². The molecule has 2 nitrogen and oxygen atoms in total. The molecule has 0 aromatic heterocycles. The van der Waals surface area contributed by atoms with Gasteiger partial charge in [-0.15, -0.1) is 0 Å². The molecule has 1 fully saturated rings. The van der Waals surface area contributed by atoms with Crippen molar-refractivity contribution in [1.29, 1.82) is 0 Å². The molecule has 3 heteroatoms. The first-order chi connectivity index (χ1) is 5.33. The lowest BCUT2D eigenvalue weighted by atomic mass is 10.1. The molecule has 1 N–H and O–H groups in total. The lowest BCUT2D eigenvalue weighted by Gasteiger charge is -2.12. The van der Waals surface area contributed by atoms with Crippen LogP contribution in [0.4, 0.5) is 4.39 Å². The third-order valence-electron chi connectivity index (χ3n) is 1.97. The van der Waals surface area contributed by atoms with Crippen LogP contribution in [0.15, 0.2) is 0 Å². The van der Waals surface area contributed by atoms with Crippen molar-refractivity contribution in [2.24, 2.45) is 0 Å². The molecule has 0 spiro atoms. The lowest BCUT2D eigenvalue weighted by Crippen LogP contribution is -2.24. The van der Waals surface area contributed by atoms with E-state index in [2.05, 4.69) is 5.32 Å². The summed E-state index contributed by atoms with van der Waals surface area (Å²) in [5.74, 6) is 0. The van der Waals surface area contributed by atoms with Crippen LogP contribution in [0.2, 0.25) is 0 Å². The van der Waals surface area contributed by atoms with Crippen molar-refractivity contribution in [2.75, 3.05) is 20.2 Å². The number of alkyl halides is 1. The molecule has 1 aliphatic rings. The Hall–Kier alpha value is -0.150. The van der Waals surface area contributed by atoms with Gasteiger partial charge in [0.15, 0.2) is 0 Å². The molecule has 1 saturated heterocycles. The van der Waals surface area contributed by atoms with Crippen molar-refractivity contribution in [3.05, 3.63) is 0 Å². The lowest BCUT2D eigenvalue weighted by molar-refractivity contribution is 0.0812. The molecule has 0 bridgehead atoms. The van der Waals surface area contributed by atoms with Gasteiger partial charge in [0.2, 0.25) is 0 Å². The highest BCUT2D eigenvalue weighted by atomic mass is 19.1. The van der Waals surface area contributed by atoms with Crippen LogP contribution in [0.1, 0.15) is 19.3 Å². The molecule has 0 unspecified atom stereocenters. The highest BCUT2D eigenvalue weighted by Crippen LogP contribution is 2.17. The topological polar surface area (TPSA) is 21.3 Å². The standard InChI is InChI=1S/C8H16FNO/c1-10-6-7(9)5-8-3-2-4-11-8/h7-8,10H,2-6H2,1H3/t7-,8-/m1/s1. The first-order valence-electron chi connectivity index (χ1n) is 4.23. The second-order valence-electron chi connectivity index (χ2n) is 3.03. The minimum Gasteiger partial charge on any atom is -0.378 e. The molecule has 0 aromatic carbocycles. The maximum atomic E-state index is 12.9. The third-order valence-corrected chi connectivity index (χ3v) is 1.97. The van der Waals surface area contributed by atoms with Crippen molar-refractivity contribution in [3.8, 4) is 0 Å². The average molecular weight is 161 g/mol. The summed E-state index contributed by atoms with van der Waals surface area (Å²) in [5.41, 5.74) is 0. The maximum Gasteiger partial charge on any atom is 0.115 e. The SMILES string of the molecule is CNC[C@H](F)C[C@H]1CCCO1. The smallest absolute Gasteiger partial charge is 0.115 e. The Morgan fingerprint density at radius 3 is 3.09 bits per heavy atom. The van der Waals surface area contributed by atoms with E-state index >= 15 is 0 Å². The average Bonchev–Trinajstić information content (AvgIpc) is 2.40. The Bertz CT molecular complexity index is 104. The van der Waals surface area contributed by atoms with Crippen molar-refractivity contribution in [2.45, 2.75) is 31.5 Å². The summed E-state index contributed by atoms with van der Waals surface area (Å²) in [6, 6.07) is 0. The minimum absolute atomic E-state index is 0.179. The highest BCUT2D eigenvalue weighted by molar-refractivity contribution is 4.70. The summed E-state index contributed by atoms with van der Waals surface area (Å²) in [4.78, 5) is 0. The zero-order valence-corrected chi connectivity index (χ0v) is 6.98. The molecule has 0 aromatic rings. The Labute approximate surface area is 67.1 Å². The second kappa shape index (κ2) is 4.67. The summed E-state index contributed by atoms with van der Waals surface area (Å²) in [5, 5.41) is 2.81. The Balaban J connectivity index is 2.08. The zero-order valence-electron chi connectivity index (χ0n) is 6.98. The van der Waals surface area contributed by atoms with Gasteiger partial charge in [0, 0.05) is 19.6 Å². The van der Waals surface area contributed by atoms with E-state index in [1.54, 1.807) is 7.05 Å². The van der Waals surface area contributed by atoms with E-state index < -0.39 is 6.17 Å². The highest BCUT2D eigenvalue weighted by Gasteiger charge is 2.19. The normalized spacial score (nSPS) is 27.3. The Morgan fingerprint density at radius 1 is 1.73 bits per heavy atom. The van der Waals surface area contributed by atoms with Gasteiger partial charge in [-0.2, -0.15) is 0 Å². The van der Waals surface area contributed by atoms with Gasteiger partial charge in [-0.3, -0.25) is 0 Å². The number of hydrogen-bond acceptors (Lipinski definition) is 2. The van der Waals surface area contributed by atoms with Crippen LogP contribution in [-0.2, 0) is 4.74 Å². The third kappa shape index (κ3) is 3.16. The van der Waals surface area contributed by atoms with E-state index in [0.29, 0.717) is 13.0 Å². The predicted octanol–water partition coefficient (Wildman–Crippen LogP) is 1.11. The van der Waals surface area contributed by atoms with Crippen LogP contribution in [-0.4, -0.2) is 32.5 Å². The fourth-order valence-corrected chi connectivity index (χ4v) is 1.42. The maximum absolute atomic E-state index is 12.9. The van der Waals surface area contributed by atoms with Gasteiger partial charge in [0.25, 0.3) is 0 Å². The van der Waals surface area contributed by atoms with Crippen molar-refractivity contribution < 1.29 is 9.13 Å². The summed E-state index contributed by atoms with van der Waals surface area (Å²) >= 11 is 0. The molecule has 0 amide bonds. The Morgan fingerprint density at radius 2 is 2.55 bits per heavy atom. The predicted molar refractivity (Wildman–Crippen MR) is 42.4 cm³/mol. The first-order valence-corrected chi connectivity index (χ1v) is 4.23. The van der Waals surface area contributed by atoms with Gasteiger partial charge in [0.05, 0.1) is 6.10 Å². The molecule has 1 aliphatic heterocycles. The molecule has 0 aliphatic carbocycles. The van der Waals surface area contributed by atoms with Gasteiger partial charge in [-0.25, -0.2) is 4.39 Å². The number of hydrogen-bond donors (Lipinski definition) is 1. The second-order valence-corrected chi connectivity index (χ2v) is 3.03. The van der Waals surface area contributed by atoms with Gasteiger partial charge >= 0.3 is 0 Å². The molecule has 66 valence electrons. The van der Waals surface area contributed by atoms with E-state index in [-0.39, 0.29) is 6.10 Å². The molecule has 1 heterocycles. The first kappa shape index (κ1) is 8.94. The monoisotopic (exact) mass is 161 g/mol. The van der Waals surface area contributed by atoms with E-state index in [1.165, 1.54) is 0 Å². The van der Waals surface area contributed by atoms with Crippen LogP contribution in [0.3, 0.4) is 0 Å². The minimum atomic E-state index is -0.747. The van der Waals surface area contributed by atoms with Crippen LogP contribution in [0, 0.1) is 0 Å². The van der Waals surface area contributed by atoms with E-state index in [9.17, 15) is 4.39 Å². The van der Waals surface area contributed by atoms with Crippen LogP contribution in [0.5, 0.6) is 0 Å². The number of nitrogens with one attached hydrogen (secondary N) is 1. The van der Waals surface area contributed by atoms with Crippen molar-refractivity contribution in [1.82, 2.24) is 5.32 Å². The largest absolute Gasteiger partial charge is 0.378 e. The molecule has 1 rings (SSSR count). The molecule has 2 atom stereocenters. The number of rotatable bonds is 4. The van der Waals surface area contributed by atoms with E-state index in [1.807, 2.05) is 0 Å².